The van der Waals surface area contributed by atoms with Crippen LogP contribution in [0.15, 0.2) is 48.5 Å². The average molecular weight is 357 g/mol. The summed E-state index contributed by atoms with van der Waals surface area (Å²) in [5.41, 5.74) is 9.58. The molecule has 0 heterocycles. The van der Waals surface area contributed by atoms with E-state index in [4.69, 9.17) is 17.3 Å². The zero-order valence-corrected chi connectivity index (χ0v) is 16.0. The Balaban J connectivity index is 1.80. The molecule has 1 fully saturated rings. The first kappa shape index (κ1) is 18.3. The fourth-order valence-electron chi connectivity index (χ4n) is 4.03. The van der Waals surface area contributed by atoms with Gasteiger partial charge in [-0.05, 0) is 60.6 Å². The molecule has 1 saturated carbocycles. The van der Waals surface area contributed by atoms with Gasteiger partial charge in [0.15, 0.2) is 0 Å². The minimum absolute atomic E-state index is 0.239. The Bertz CT molecular complexity index is 672. The van der Waals surface area contributed by atoms with Gasteiger partial charge in [-0.2, -0.15) is 0 Å². The summed E-state index contributed by atoms with van der Waals surface area (Å²) in [6, 6.07) is 17.2. The number of nitrogens with two attached hydrogens (primary N) is 1. The maximum atomic E-state index is 6.11. The highest BCUT2D eigenvalue weighted by molar-refractivity contribution is 6.30. The summed E-state index contributed by atoms with van der Waals surface area (Å²) in [7, 11) is 0. The van der Waals surface area contributed by atoms with Crippen molar-refractivity contribution in [2.75, 3.05) is 5.73 Å². The monoisotopic (exact) mass is 356 g/mol. The summed E-state index contributed by atoms with van der Waals surface area (Å²) in [4.78, 5) is 0. The lowest BCUT2D eigenvalue weighted by atomic mass is 9.59. The van der Waals surface area contributed by atoms with E-state index < -0.39 is 0 Å². The van der Waals surface area contributed by atoms with Crippen molar-refractivity contribution in [3.05, 3.63) is 64.7 Å². The van der Waals surface area contributed by atoms with Crippen LogP contribution in [0.3, 0.4) is 0 Å². The normalized spacial score (nSPS) is 17.3. The molecule has 0 aliphatic heterocycles. The standard InChI is InChI=1S/C22H29ClN2/c1-16(2)14-21(25-15-17-4-10-20(24)11-5-17)22(12-3-13-22)18-6-8-19(23)9-7-18/h4-11,16,21,25H,3,12-15,24H2,1-2H3. The number of rotatable bonds is 7. The number of nitrogens with one attached hydrogen (secondary N) is 1. The van der Waals surface area contributed by atoms with Gasteiger partial charge in [0.2, 0.25) is 0 Å². The molecule has 0 saturated heterocycles. The van der Waals surface area contributed by atoms with Gasteiger partial charge in [0, 0.05) is 28.7 Å². The lowest BCUT2D eigenvalue weighted by molar-refractivity contribution is 0.150. The molecule has 2 nitrogen and oxygen atoms in total. The molecule has 0 spiro atoms. The largest absolute Gasteiger partial charge is 0.399 e. The number of hydrogen-bond acceptors (Lipinski definition) is 2. The van der Waals surface area contributed by atoms with E-state index in [1.165, 1.54) is 36.8 Å². The third-order valence-corrected chi connectivity index (χ3v) is 5.82. The Morgan fingerprint density at radius 1 is 1.04 bits per heavy atom. The van der Waals surface area contributed by atoms with Gasteiger partial charge in [-0.3, -0.25) is 0 Å². The predicted molar refractivity (Wildman–Crippen MR) is 108 cm³/mol. The summed E-state index contributed by atoms with van der Waals surface area (Å²) in [6.45, 7) is 5.51. The van der Waals surface area contributed by atoms with E-state index in [1.807, 2.05) is 24.3 Å². The highest BCUT2D eigenvalue weighted by atomic mass is 35.5. The summed E-state index contributed by atoms with van der Waals surface area (Å²) < 4.78 is 0. The predicted octanol–water partition coefficient (Wildman–Crippen LogP) is 5.55. The van der Waals surface area contributed by atoms with E-state index in [0.717, 1.165) is 17.3 Å². The fourth-order valence-corrected chi connectivity index (χ4v) is 4.16. The van der Waals surface area contributed by atoms with E-state index in [2.05, 4.69) is 43.4 Å². The zero-order valence-electron chi connectivity index (χ0n) is 15.3. The molecular weight excluding hydrogens is 328 g/mol. The van der Waals surface area contributed by atoms with Crippen molar-refractivity contribution in [1.82, 2.24) is 5.32 Å². The van der Waals surface area contributed by atoms with Crippen LogP contribution in [-0.4, -0.2) is 6.04 Å². The van der Waals surface area contributed by atoms with Gasteiger partial charge < -0.3 is 11.1 Å². The molecule has 2 aromatic carbocycles. The Kier molecular flexibility index (Phi) is 5.71. The van der Waals surface area contributed by atoms with Gasteiger partial charge in [-0.15, -0.1) is 0 Å². The third-order valence-electron chi connectivity index (χ3n) is 5.57. The lowest BCUT2D eigenvalue weighted by Crippen LogP contribution is -2.53. The Morgan fingerprint density at radius 2 is 1.68 bits per heavy atom. The molecule has 2 aromatic rings. The van der Waals surface area contributed by atoms with E-state index in [-0.39, 0.29) is 5.41 Å². The van der Waals surface area contributed by atoms with Crippen molar-refractivity contribution >= 4 is 17.3 Å². The maximum Gasteiger partial charge on any atom is 0.0406 e. The molecule has 1 aliphatic rings. The number of anilines is 1. The van der Waals surface area contributed by atoms with Crippen molar-refractivity contribution in [3.8, 4) is 0 Å². The highest BCUT2D eigenvalue weighted by Gasteiger charge is 2.45. The van der Waals surface area contributed by atoms with E-state index in [9.17, 15) is 0 Å². The summed E-state index contributed by atoms with van der Waals surface area (Å²) in [5, 5.41) is 4.68. The first-order chi connectivity index (χ1) is 12.0. The van der Waals surface area contributed by atoms with Crippen LogP contribution in [0.2, 0.25) is 5.02 Å². The quantitative estimate of drug-likeness (QED) is 0.638. The van der Waals surface area contributed by atoms with Crippen molar-refractivity contribution in [2.24, 2.45) is 5.92 Å². The molecule has 3 heteroatoms. The molecule has 0 amide bonds. The van der Waals surface area contributed by atoms with Gasteiger partial charge >= 0.3 is 0 Å². The first-order valence-corrected chi connectivity index (χ1v) is 9.71. The van der Waals surface area contributed by atoms with E-state index in [1.54, 1.807) is 0 Å². The average Bonchev–Trinajstić information content (AvgIpc) is 2.54. The smallest absolute Gasteiger partial charge is 0.0406 e. The summed E-state index contributed by atoms with van der Waals surface area (Å²) in [6.07, 6.45) is 4.99. The number of hydrogen-bond donors (Lipinski definition) is 2. The van der Waals surface area contributed by atoms with Crippen LogP contribution in [0.4, 0.5) is 5.69 Å². The number of benzene rings is 2. The van der Waals surface area contributed by atoms with E-state index in [0.29, 0.717) is 12.0 Å². The minimum atomic E-state index is 0.239. The molecule has 1 atom stereocenters. The molecule has 1 aliphatic carbocycles. The summed E-state index contributed by atoms with van der Waals surface area (Å²) in [5.74, 6) is 0.661. The molecule has 0 bridgehead atoms. The molecule has 0 radical (unpaired) electrons. The van der Waals surface area contributed by atoms with Crippen molar-refractivity contribution in [3.63, 3.8) is 0 Å². The lowest BCUT2D eigenvalue weighted by Gasteiger charge is -2.49. The third kappa shape index (κ3) is 4.19. The molecule has 25 heavy (non-hydrogen) atoms. The van der Waals surface area contributed by atoms with Crippen LogP contribution in [0, 0.1) is 5.92 Å². The minimum Gasteiger partial charge on any atom is -0.399 e. The van der Waals surface area contributed by atoms with Gasteiger partial charge in [0.25, 0.3) is 0 Å². The fraction of sp³-hybridized carbons (Fsp3) is 0.455. The molecule has 1 unspecified atom stereocenters. The Hall–Kier alpha value is -1.51. The molecule has 0 aromatic heterocycles. The molecule has 3 rings (SSSR count). The number of nitrogen functional groups attached to an aromatic ring is 1. The van der Waals surface area contributed by atoms with Gasteiger partial charge in [0.1, 0.15) is 0 Å². The molecular formula is C22H29ClN2. The highest BCUT2D eigenvalue weighted by Crippen LogP contribution is 2.48. The van der Waals surface area contributed by atoms with Crippen LogP contribution in [-0.2, 0) is 12.0 Å². The van der Waals surface area contributed by atoms with Crippen LogP contribution in [0.1, 0.15) is 50.7 Å². The van der Waals surface area contributed by atoms with Crippen LogP contribution in [0.25, 0.3) is 0 Å². The maximum absolute atomic E-state index is 6.11. The SMILES string of the molecule is CC(C)CC(NCc1ccc(N)cc1)C1(c2ccc(Cl)cc2)CCC1. The number of halogens is 1. The second kappa shape index (κ2) is 7.80. The van der Waals surface area contributed by atoms with Gasteiger partial charge in [-0.25, -0.2) is 0 Å². The first-order valence-electron chi connectivity index (χ1n) is 9.33. The zero-order chi connectivity index (χ0) is 17.9. The van der Waals surface area contributed by atoms with Crippen LogP contribution >= 0.6 is 11.6 Å². The van der Waals surface area contributed by atoms with Crippen LogP contribution in [0.5, 0.6) is 0 Å². The Morgan fingerprint density at radius 3 is 2.20 bits per heavy atom. The summed E-state index contributed by atoms with van der Waals surface area (Å²) >= 11 is 6.11. The van der Waals surface area contributed by atoms with Crippen molar-refractivity contribution < 1.29 is 0 Å². The van der Waals surface area contributed by atoms with E-state index >= 15 is 0 Å². The topological polar surface area (TPSA) is 38.0 Å². The molecule has 3 N–H and O–H groups in total. The van der Waals surface area contributed by atoms with Gasteiger partial charge in [-0.1, -0.05) is 56.1 Å². The van der Waals surface area contributed by atoms with Gasteiger partial charge in [0.05, 0.1) is 0 Å². The Labute approximate surface area is 156 Å². The van der Waals surface area contributed by atoms with Crippen LogP contribution < -0.4 is 11.1 Å². The molecule has 134 valence electrons. The van der Waals surface area contributed by atoms with Crippen molar-refractivity contribution in [1.29, 1.82) is 0 Å². The van der Waals surface area contributed by atoms with Crippen molar-refractivity contribution in [2.45, 2.75) is 57.5 Å². The second-order valence-electron chi connectivity index (χ2n) is 7.82. The second-order valence-corrected chi connectivity index (χ2v) is 8.26.